The molecule has 0 aromatic heterocycles. The van der Waals surface area contributed by atoms with Gasteiger partial charge in [-0.15, -0.1) is 0 Å². The van der Waals surface area contributed by atoms with E-state index in [0.29, 0.717) is 31.6 Å². The van der Waals surface area contributed by atoms with Gasteiger partial charge in [0.1, 0.15) is 6.10 Å². The number of hydrogen-bond acceptors (Lipinski definition) is 9. The fourth-order valence-corrected chi connectivity index (χ4v) is 10.7. The second kappa shape index (κ2) is 11.6. The summed E-state index contributed by atoms with van der Waals surface area (Å²) < 4.78 is 73.8. The minimum Gasteiger partial charge on any atom is -0.390 e. The Morgan fingerprint density at radius 1 is 0.850 bits per heavy atom. The molecule has 2 unspecified atom stereocenters. The van der Waals surface area contributed by atoms with Crippen LogP contribution in [0.3, 0.4) is 0 Å². The van der Waals surface area contributed by atoms with Crippen molar-refractivity contribution in [3.63, 3.8) is 0 Å². The molecule has 4 saturated carbocycles. The van der Waals surface area contributed by atoms with Crippen LogP contribution in [0.4, 0.5) is 0 Å². The van der Waals surface area contributed by atoms with Crippen molar-refractivity contribution < 1.29 is 49.6 Å². The van der Waals surface area contributed by atoms with E-state index in [2.05, 4.69) is 13.8 Å². The van der Waals surface area contributed by atoms with Gasteiger partial charge < -0.3 is 15.3 Å². The molecule has 0 heterocycles. The monoisotopic (exact) mass is 612 g/mol. The molecule has 12 atom stereocenters. The first-order valence-corrected chi connectivity index (χ1v) is 17.4. The van der Waals surface area contributed by atoms with Gasteiger partial charge in [0.2, 0.25) is 0 Å². The van der Waals surface area contributed by atoms with E-state index in [1.165, 1.54) is 0 Å². The summed E-state index contributed by atoms with van der Waals surface area (Å²) in [5, 5.41) is 34.7. The predicted octanol–water partition coefficient (Wildman–Crippen LogP) is 3.01. The summed E-state index contributed by atoms with van der Waals surface area (Å²) in [6, 6.07) is 0. The maximum atomic E-state index is 11.8. The van der Waals surface area contributed by atoms with Gasteiger partial charge in [0.15, 0.2) is 0 Å². The number of rotatable bonds is 10. The third-order valence-corrected chi connectivity index (χ3v) is 12.4. The molecular weight excluding hydrogens is 564 g/mol. The van der Waals surface area contributed by atoms with Gasteiger partial charge in [0, 0.05) is 5.41 Å². The van der Waals surface area contributed by atoms with Gasteiger partial charge in [-0.1, -0.05) is 40.5 Å². The smallest absolute Gasteiger partial charge is 0.390 e. The lowest BCUT2D eigenvalue weighted by molar-refractivity contribution is -0.244. The van der Waals surface area contributed by atoms with Crippen molar-refractivity contribution in [3.05, 3.63) is 0 Å². The average molecular weight is 613 g/mol. The van der Waals surface area contributed by atoms with Crippen molar-refractivity contribution in [3.8, 4) is 0 Å². The summed E-state index contributed by atoms with van der Waals surface area (Å²) in [6.45, 7) is 8.06. The SMILES string of the molecule is CC(C)CCC[C@@H](COS(=O)(=O)O)[C@H]1CCC2C3CC[C@@H]4[C@H](O)[C@H](OS(=O)(=O)O)CC[C@]4(C)[C@H]3[C@@H](O)[C@@H](O)[C@@]21C. The Bertz CT molecular complexity index is 1110. The van der Waals surface area contributed by atoms with E-state index < -0.39 is 56.0 Å². The van der Waals surface area contributed by atoms with E-state index in [9.17, 15) is 41.3 Å². The first-order chi connectivity index (χ1) is 18.4. The highest BCUT2D eigenvalue weighted by Gasteiger charge is 2.68. The number of hydrogen-bond donors (Lipinski definition) is 5. The molecule has 4 aliphatic carbocycles. The lowest BCUT2D eigenvalue weighted by Crippen LogP contribution is -2.67. The lowest BCUT2D eigenvalue weighted by atomic mass is 9.42. The number of aliphatic hydroxyl groups is 3. The van der Waals surface area contributed by atoms with Crippen molar-refractivity contribution in [1.82, 2.24) is 0 Å². The lowest BCUT2D eigenvalue weighted by Gasteiger charge is -2.64. The van der Waals surface area contributed by atoms with Crippen molar-refractivity contribution in [2.45, 2.75) is 110 Å². The maximum absolute atomic E-state index is 11.8. The second-order valence-electron chi connectivity index (χ2n) is 13.9. The summed E-state index contributed by atoms with van der Waals surface area (Å²) in [5.41, 5.74) is -1.27. The minimum absolute atomic E-state index is 0.0553. The van der Waals surface area contributed by atoms with E-state index in [-0.39, 0.29) is 48.5 Å². The molecule has 4 fully saturated rings. The van der Waals surface area contributed by atoms with Crippen molar-refractivity contribution in [2.24, 2.45) is 52.3 Å². The summed E-state index contributed by atoms with van der Waals surface area (Å²) in [7, 11) is -9.35. The van der Waals surface area contributed by atoms with E-state index >= 15 is 0 Å². The van der Waals surface area contributed by atoms with Gasteiger partial charge in [-0.2, -0.15) is 16.8 Å². The third-order valence-electron chi connectivity index (χ3n) is 11.5. The quantitative estimate of drug-likeness (QED) is 0.228. The molecule has 0 saturated heterocycles. The molecular formula is C27H48O11S2. The predicted molar refractivity (Wildman–Crippen MR) is 145 cm³/mol. The zero-order valence-electron chi connectivity index (χ0n) is 23.9. The molecule has 13 heteroatoms. The van der Waals surface area contributed by atoms with Crippen molar-refractivity contribution in [1.29, 1.82) is 0 Å². The fraction of sp³-hybridized carbons (Fsp3) is 1.00. The van der Waals surface area contributed by atoms with Crippen LogP contribution < -0.4 is 0 Å². The highest BCUT2D eigenvalue weighted by atomic mass is 32.3. The highest BCUT2D eigenvalue weighted by molar-refractivity contribution is 7.81. The van der Waals surface area contributed by atoms with Gasteiger partial charge in [0.25, 0.3) is 0 Å². The van der Waals surface area contributed by atoms with Crippen LogP contribution >= 0.6 is 0 Å². The molecule has 40 heavy (non-hydrogen) atoms. The Kier molecular flexibility index (Phi) is 9.44. The van der Waals surface area contributed by atoms with Crippen LogP contribution in [-0.2, 0) is 29.2 Å². The molecule has 0 aliphatic heterocycles. The van der Waals surface area contributed by atoms with E-state index in [4.69, 9.17) is 8.37 Å². The van der Waals surface area contributed by atoms with Gasteiger partial charge in [-0.05, 0) is 91.8 Å². The van der Waals surface area contributed by atoms with Gasteiger partial charge in [0.05, 0.1) is 24.9 Å². The molecule has 0 aromatic rings. The Morgan fingerprint density at radius 3 is 2.10 bits per heavy atom. The van der Waals surface area contributed by atoms with Crippen LogP contribution in [0.1, 0.15) is 85.5 Å². The van der Waals surface area contributed by atoms with Crippen LogP contribution in [0.5, 0.6) is 0 Å². The Morgan fingerprint density at radius 2 is 1.50 bits per heavy atom. The normalized spacial score (nSPS) is 44.6. The van der Waals surface area contributed by atoms with Crippen LogP contribution in [0.15, 0.2) is 0 Å². The van der Waals surface area contributed by atoms with Crippen LogP contribution in [0.2, 0.25) is 0 Å². The van der Waals surface area contributed by atoms with E-state index in [0.717, 1.165) is 25.7 Å². The first-order valence-electron chi connectivity index (χ1n) is 14.7. The molecule has 0 radical (unpaired) electrons. The molecule has 0 bridgehead atoms. The summed E-state index contributed by atoms with van der Waals surface area (Å²) in [5.74, 6) is -0.455. The average Bonchev–Trinajstić information content (AvgIpc) is 3.18. The molecule has 11 nitrogen and oxygen atoms in total. The summed E-state index contributed by atoms with van der Waals surface area (Å²) in [6.07, 6.45) is 1.56. The molecule has 0 aromatic carbocycles. The van der Waals surface area contributed by atoms with Crippen molar-refractivity contribution in [2.75, 3.05) is 6.61 Å². The Labute approximate surface area is 238 Å². The molecule has 4 aliphatic rings. The van der Waals surface area contributed by atoms with Crippen LogP contribution in [0, 0.1) is 52.3 Å². The molecule has 4 rings (SSSR count). The van der Waals surface area contributed by atoms with E-state index in [1.807, 2.05) is 13.8 Å². The van der Waals surface area contributed by atoms with Gasteiger partial charge in [-0.25, -0.2) is 8.37 Å². The largest absolute Gasteiger partial charge is 0.397 e. The summed E-state index contributed by atoms with van der Waals surface area (Å²) in [4.78, 5) is 0. The number of aliphatic hydroxyl groups excluding tert-OH is 3. The zero-order chi connectivity index (χ0) is 29.8. The third kappa shape index (κ3) is 6.14. The first kappa shape index (κ1) is 32.5. The molecule has 5 N–H and O–H groups in total. The van der Waals surface area contributed by atoms with Gasteiger partial charge in [-0.3, -0.25) is 9.11 Å². The Balaban J connectivity index is 1.60. The fourth-order valence-electron chi connectivity index (χ4n) is 9.81. The topological polar surface area (TPSA) is 188 Å². The highest BCUT2D eigenvalue weighted by Crippen LogP contribution is 2.68. The van der Waals surface area contributed by atoms with Crippen molar-refractivity contribution >= 4 is 20.8 Å². The standard InChI is InChI=1S/C27H48O11S2/c1-15(2)6-5-7-16(14-37-39(31,32)33)18-10-11-19-17-8-9-20-23(28)21(38-40(34,35)36)12-13-26(20,3)22(17)24(29)25(30)27(18,19)4/h15-25,28-30H,5-14H2,1-4H3,(H,31,32,33)(H,34,35,36)/t16-,17?,18+,19?,20+,21+,22+,23-,24+,25+,26-,27+/m0/s1. The Hall–Kier alpha value is -0.380. The van der Waals surface area contributed by atoms with Crippen LogP contribution in [-0.4, -0.2) is 72.3 Å². The zero-order valence-corrected chi connectivity index (χ0v) is 25.6. The van der Waals surface area contributed by atoms with Crippen LogP contribution in [0.25, 0.3) is 0 Å². The summed E-state index contributed by atoms with van der Waals surface area (Å²) >= 11 is 0. The molecule has 234 valence electrons. The van der Waals surface area contributed by atoms with E-state index in [1.54, 1.807) is 0 Å². The minimum atomic E-state index is -4.73. The molecule has 0 amide bonds. The maximum Gasteiger partial charge on any atom is 0.397 e. The number of fused-ring (bicyclic) bond motifs is 5. The second-order valence-corrected chi connectivity index (χ2v) is 16.0. The molecule has 0 spiro atoms. The van der Waals surface area contributed by atoms with Gasteiger partial charge >= 0.3 is 20.8 Å².